The van der Waals surface area contributed by atoms with Gasteiger partial charge in [-0.1, -0.05) is 0 Å². The molecule has 3 rings (SSSR count). The van der Waals surface area contributed by atoms with Crippen molar-refractivity contribution < 1.29 is 23.4 Å². The lowest BCUT2D eigenvalue weighted by molar-refractivity contribution is 0.245. The van der Waals surface area contributed by atoms with Gasteiger partial charge in [0.15, 0.2) is 15.7 Å². The molecule has 0 aliphatic heterocycles. The number of carbonyl (C=O) groups excluding carboxylic acids is 1. The summed E-state index contributed by atoms with van der Waals surface area (Å²) in [5, 5.41) is 22.9. The SMILES string of the molecule is Nc1cc(C2(S(=O)(=O)CCCO)CCC2)nc(-c2ccc(NC(=O)NCCO)cc2)n1. The number of rotatable bonds is 9. The van der Waals surface area contributed by atoms with Crippen LogP contribution in [-0.4, -0.2) is 60.1 Å². The van der Waals surface area contributed by atoms with Gasteiger partial charge in [-0.15, -0.1) is 0 Å². The van der Waals surface area contributed by atoms with Crippen molar-refractivity contribution in [1.82, 2.24) is 15.3 Å². The number of amides is 2. The van der Waals surface area contributed by atoms with Gasteiger partial charge in [-0.3, -0.25) is 0 Å². The third-order valence-corrected chi connectivity index (χ3v) is 7.97. The van der Waals surface area contributed by atoms with Gasteiger partial charge in [0.2, 0.25) is 0 Å². The Morgan fingerprint density at radius 3 is 2.42 bits per heavy atom. The average Bonchev–Trinajstić information content (AvgIpc) is 2.70. The second-order valence-electron chi connectivity index (χ2n) is 7.43. The smallest absolute Gasteiger partial charge is 0.319 e. The molecule has 0 bridgehead atoms. The number of nitrogens with zero attached hydrogens (tertiary/aromatic N) is 2. The fourth-order valence-corrected chi connectivity index (χ4v) is 5.78. The highest BCUT2D eigenvalue weighted by Gasteiger charge is 2.51. The number of nitrogens with two attached hydrogens (primary N) is 1. The normalized spacial score (nSPS) is 15.2. The lowest BCUT2D eigenvalue weighted by atomic mass is 9.81. The number of nitrogen functional groups attached to an aromatic ring is 1. The van der Waals surface area contributed by atoms with Crippen molar-refractivity contribution in [3.8, 4) is 11.4 Å². The molecule has 11 heteroatoms. The van der Waals surface area contributed by atoms with E-state index in [-0.39, 0.29) is 37.8 Å². The number of anilines is 2. The van der Waals surface area contributed by atoms with Crippen LogP contribution in [0.5, 0.6) is 0 Å². The molecule has 2 amide bonds. The molecule has 1 aliphatic rings. The van der Waals surface area contributed by atoms with Crippen molar-refractivity contribution in [3.63, 3.8) is 0 Å². The van der Waals surface area contributed by atoms with Gasteiger partial charge in [0.05, 0.1) is 18.1 Å². The zero-order valence-corrected chi connectivity index (χ0v) is 17.9. The molecule has 0 atom stereocenters. The molecule has 0 unspecified atom stereocenters. The van der Waals surface area contributed by atoms with Crippen molar-refractivity contribution in [1.29, 1.82) is 0 Å². The molecule has 1 saturated carbocycles. The van der Waals surface area contributed by atoms with E-state index in [0.29, 0.717) is 35.6 Å². The van der Waals surface area contributed by atoms with E-state index in [0.717, 1.165) is 6.42 Å². The quantitative estimate of drug-likeness (QED) is 0.378. The minimum atomic E-state index is -3.52. The maximum Gasteiger partial charge on any atom is 0.319 e. The summed E-state index contributed by atoms with van der Waals surface area (Å²) in [6.07, 6.45) is 1.87. The lowest BCUT2D eigenvalue weighted by Gasteiger charge is -2.40. The number of hydrogen-bond donors (Lipinski definition) is 5. The first-order valence-electron chi connectivity index (χ1n) is 10.1. The number of aliphatic hydroxyl groups excluding tert-OH is 2. The maximum absolute atomic E-state index is 13.0. The van der Waals surface area contributed by atoms with Gasteiger partial charge in [-0.25, -0.2) is 23.2 Å². The molecular formula is C20H27N5O5S. The van der Waals surface area contributed by atoms with E-state index >= 15 is 0 Å². The first-order chi connectivity index (χ1) is 14.8. The summed E-state index contributed by atoms with van der Waals surface area (Å²) in [4.78, 5) is 20.5. The van der Waals surface area contributed by atoms with Gasteiger partial charge in [-0.2, -0.15) is 0 Å². The van der Waals surface area contributed by atoms with Crippen LogP contribution in [0, 0.1) is 0 Å². The molecule has 0 radical (unpaired) electrons. The highest BCUT2D eigenvalue weighted by molar-refractivity contribution is 7.92. The van der Waals surface area contributed by atoms with Crippen molar-refractivity contribution in [2.24, 2.45) is 0 Å². The molecule has 1 heterocycles. The Hall–Kier alpha value is -2.76. The standard InChI is InChI=1S/C20H27N5O5S/c21-17-13-16(20(7-1-8-20)31(29,30)12-2-10-26)24-18(25-17)14-3-5-15(6-4-14)23-19(28)22-9-11-27/h3-6,13,26-27H,1-2,7-12H2,(H2,21,24,25)(H2,22,23,28). The third-order valence-electron chi connectivity index (χ3n) is 5.34. The number of carbonyl (C=O) groups is 1. The summed E-state index contributed by atoms with van der Waals surface area (Å²) in [6.45, 7) is -0.198. The largest absolute Gasteiger partial charge is 0.396 e. The van der Waals surface area contributed by atoms with Gasteiger partial charge in [0.1, 0.15) is 10.6 Å². The van der Waals surface area contributed by atoms with Crippen LogP contribution in [0.1, 0.15) is 31.4 Å². The van der Waals surface area contributed by atoms with Crippen LogP contribution >= 0.6 is 0 Å². The fraction of sp³-hybridized carbons (Fsp3) is 0.450. The first kappa shape index (κ1) is 22.9. The van der Waals surface area contributed by atoms with Crippen molar-refractivity contribution in [3.05, 3.63) is 36.0 Å². The van der Waals surface area contributed by atoms with Crippen LogP contribution in [0.4, 0.5) is 16.3 Å². The van der Waals surface area contributed by atoms with Crippen LogP contribution in [-0.2, 0) is 14.6 Å². The highest BCUT2D eigenvalue weighted by atomic mass is 32.2. The molecular weight excluding hydrogens is 422 g/mol. The Bertz CT molecular complexity index is 1020. The topological polar surface area (TPSA) is 168 Å². The minimum Gasteiger partial charge on any atom is -0.396 e. The Labute approximate surface area is 180 Å². The Morgan fingerprint density at radius 2 is 1.84 bits per heavy atom. The van der Waals surface area contributed by atoms with Crippen molar-refractivity contribution >= 4 is 27.4 Å². The molecule has 1 aliphatic carbocycles. The minimum absolute atomic E-state index is 0.110. The summed E-state index contributed by atoms with van der Waals surface area (Å²) in [5.41, 5.74) is 7.52. The lowest BCUT2D eigenvalue weighted by Crippen LogP contribution is -2.44. The van der Waals surface area contributed by atoms with Crippen molar-refractivity contribution in [2.45, 2.75) is 30.4 Å². The summed E-state index contributed by atoms with van der Waals surface area (Å²) < 4.78 is 24.9. The molecule has 1 aromatic heterocycles. The zero-order chi connectivity index (χ0) is 22.5. The van der Waals surface area contributed by atoms with Crippen LogP contribution < -0.4 is 16.4 Å². The monoisotopic (exact) mass is 449 g/mol. The number of benzene rings is 1. The van der Waals surface area contributed by atoms with Gasteiger partial charge >= 0.3 is 6.03 Å². The number of aliphatic hydroxyl groups is 2. The van der Waals surface area contributed by atoms with Crippen LogP contribution in [0.15, 0.2) is 30.3 Å². The van der Waals surface area contributed by atoms with E-state index in [2.05, 4.69) is 20.6 Å². The third kappa shape index (κ3) is 4.94. The highest BCUT2D eigenvalue weighted by Crippen LogP contribution is 2.48. The second-order valence-corrected chi connectivity index (χ2v) is 9.85. The fourth-order valence-electron chi connectivity index (χ4n) is 3.55. The van der Waals surface area contributed by atoms with E-state index in [1.807, 2.05) is 0 Å². The zero-order valence-electron chi connectivity index (χ0n) is 17.0. The van der Waals surface area contributed by atoms with E-state index < -0.39 is 20.6 Å². The molecule has 0 saturated heterocycles. The summed E-state index contributed by atoms with van der Waals surface area (Å²) >= 11 is 0. The summed E-state index contributed by atoms with van der Waals surface area (Å²) in [6, 6.07) is 7.81. The molecule has 1 aromatic carbocycles. The molecule has 1 fully saturated rings. The molecule has 2 aromatic rings. The average molecular weight is 450 g/mol. The molecule has 6 N–H and O–H groups in total. The molecule has 0 spiro atoms. The predicted molar refractivity (Wildman–Crippen MR) is 117 cm³/mol. The second kappa shape index (κ2) is 9.58. The Morgan fingerprint density at radius 1 is 1.13 bits per heavy atom. The van der Waals surface area contributed by atoms with Crippen LogP contribution in [0.3, 0.4) is 0 Å². The number of sulfone groups is 1. The van der Waals surface area contributed by atoms with Crippen LogP contribution in [0.25, 0.3) is 11.4 Å². The number of hydrogen-bond acceptors (Lipinski definition) is 8. The first-order valence-corrected chi connectivity index (χ1v) is 11.7. The molecule has 168 valence electrons. The summed E-state index contributed by atoms with van der Waals surface area (Å²) in [7, 11) is -3.52. The van der Waals surface area contributed by atoms with Crippen molar-refractivity contribution in [2.75, 3.05) is 36.6 Å². The maximum atomic E-state index is 13.0. The van der Waals surface area contributed by atoms with E-state index in [4.69, 9.17) is 15.9 Å². The number of urea groups is 1. The molecule has 31 heavy (non-hydrogen) atoms. The van der Waals surface area contributed by atoms with Crippen LogP contribution in [0.2, 0.25) is 0 Å². The number of nitrogens with one attached hydrogen (secondary N) is 2. The number of aromatic nitrogens is 2. The van der Waals surface area contributed by atoms with E-state index in [1.165, 1.54) is 6.07 Å². The predicted octanol–water partition coefficient (Wildman–Crippen LogP) is 1.02. The molecule has 10 nitrogen and oxygen atoms in total. The van der Waals surface area contributed by atoms with Gasteiger partial charge in [0, 0.05) is 30.5 Å². The Balaban J connectivity index is 1.87. The van der Waals surface area contributed by atoms with Gasteiger partial charge in [-0.05, 0) is 49.9 Å². The van der Waals surface area contributed by atoms with Gasteiger partial charge in [0.25, 0.3) is 0 Å². The van der Waals surface area contributed by atoms with Gasteiger partial charge < -0.3 is 26.6 Å². The van der Waals surface area contributed by atoms with E-state index in [9.17, 15) is 13.2 Å². The van der Waals surface area contributed by atoms with E-state index in [1.54, 1.807) is 24.3 Å². The Kier molecular flexibility index (Phi) is 7.08. The summed E-state index contributed by atoms with van der Waals surface area (Å²) in [5.74, 6) is 0.366.